The quantitative estimate of drug-likeness (QED) is 0.783. The zero-order valence-corrected chi connectivity index (χ0v) is 13.3. The molecule has 118 valence electrons. The number of carbonyl (C=O) groups is 1. The van der Waals surface area contributed by atoms with E-state index in [0.29, 0.717) is 18.7 Å². The number of rotatable bonds is 2. The largest absolute Gasteiger partial charge is 0.338 e. The number of hydrogen-bond acceptors (Lipinski definition) is 4. The van der Waals surface area contributed by atoms with Crippen molar-refractivity contribution in [3.63, 3.8) is 0 Å². The molecule has 4 heterocycles. The lowest BCUT2D eigenvalue weighted by Gasteiger charge is -2.31. The van der Waals surface area contributed by atoms with Crippen molar-refractivity contribution in [2.75, 3.05) is 13.1 Å². The first-order chi connectivity index (χ1) is 11.2. The van der Waals surface area contributed by atoms with Gasteiger partial charge in [-0.2, -0.15) is 0 Å². The zero-order chi connectivity index (χ0) is 15.8. The molecule has 4 rings (SSSR count). The molecular formula is C16H16N4O2S. The van der Waals surface area contributed by atoms with Crippen LogP contribution in [0, 0.1) is 0 Å². The molecule has 1 aliphatic heterocycles. The molecule has 1 fully saturated rings. The van der Waals surface area contributed by atoms with Crippen LogP contribution in [0.5, 0.6) is 0 Å². The van der Waals surface area contributed by atoms with Crippen molar-refractivity contribution < 1.29 is 4.79 Å². The Hall–Kier alpha value is -2.41. The van der Waals surface area contributed by atoms with Gasteiger partial charge in [0.05, 0.1) is 10.6 Å². The second kappa shape index (κ2) is 5.66. The maximum absolute atomic E-state index is 12.4. The summed E-state index contributed by atoms with van der Waals surface area (Å²) in [6.07, 6.45) is 3.38. The zero-order valence-electron chi connectivity index (χ0n) is 12.4. The van der Waals surface area contributed by atoms with Gasteiger partial charge < -0.3 is 4.90 Å². The number of aromatic amines is 1. The van der Waals surface area contributed by atoms with Crippen LogP contribution in [0.1, 0.15) is 34.1 Å². The van der Waals surface area contributed by atoms with Gasteiger partial charge in [0.2, 0.25) is 0 Å². The SMILES string of the molecule is O=C(c1cccs1)N1CCC(c2cc(=O)n3[nH]ccc3n2)CC1. The summed E-state index contributed by atoms with van der Waals surface area (Å²) in [6, 6.07) is 7.15. The van der Waals surface area contributed by atoms with Gasteiger partial charge >= 0.3 is 0 Å². The number of nitrogens with zero attached hydrogens (tertiary/aromatic N) is 3. The fourth-order valence-electron chi connectivity index (χ4n) is 3.09. The van der Waals surface area contributed by atoms with Crippen LogP contribution >= 0.6 is 11.3 Å². The molecule has 1 amide bonds. The Balaban J connectivity index is 1.50. The van der Waals surface area contributed by atoms with Gasteiger partial charge in [0.25, 0.3) is 11.5 Å². The Morgan fingerprint density at radius 3 is 2.87 bits per heavy atom. The standard InChI is InChI=1S/C16H16N4O2S/c21-15-10-12(18-14-3-6-17-20(14)15)11-4-7-19(8-5-11)16(22)13-2-1-9-23-13/h1-3,6,9-11,17H,4-5,7-8H2. The summed E-state index contributed by atoms with van der Waals surface area (Å²) < 4.78 is 1.43. The average molecular weight is 328 g/mol. The van der Waals surface area contributed by atoms with Crippen LogP contribution in [0.15, 0.2) is 40.6 Å². The summed E-state index contributed by atoms with van der Waals surface area (Å²) in [7, 11) is 0. The smallest absolute Gasteiger partial charge is 0.272 e. The van der Waals surface area contributed by atoms with E-state index in [1.807, 2.05) is 22.4 Å². The van der Waals surface area contributed by atoms with Gasteiger partial charge in [0.1, 0.15) is 0 Å². The highest BCUT2D eigenvalue weighted by Crippen LogP contribution is 2.27. The summed E-state index contributed by atoms with van der Waals surface area (Å²) >= 11 is 1.48. The third-order valence-corrected chi connectivity index (χ3v) is 5.19. The number of amides is 1. The number of H-pyrrole nitrogens is 1. The van der Waals surface area contributed by atoms with Crippen LogP contribution < -0.4 is 5.56 Å². The molecule has 23 heavy (non-hydrogen) atoms. The lowest BCUT2D eigenvalue weighted by molar-refractivity contribution is 0.0717. The van der Waals surface area contributed by atoms with Gasteiger partial charge in [-0.1, -0.05) is 6.07 Å². The molecule has 1 saturated heterocycles. The van der Waals surface area contributed by atoms with Gasteiger partial charge in [-0.05, 0) is 24.3 Å². The Kier molecular flexibility index (Phi) is 3.49. The Bertz CT molecular complexity index is 888. The van der Waals surface area contributed by atoms with Crippen molar-refractivity contribution in [1.82, 2.24) is 19.5 Å². The lowest BCUT2D eigenvalue weighted by Crippen LogP contribution is -2.38. The number of nitrogens with one attached hydrogen (secondary N) is 1. The fourth-order valence-corrected chi connectivity index (χ4v) is 3.78. The van der Waals surface area contributed by atoms with Crippen LogP contribution in [0.2, 0.25) is 0 Å². The highest BCUT2D eigenvalue weighted by atomic mass is 32.1. The first-order valence-corrected chi connectivity index (χ1v) is 8.50. The van der Waals surface area contributed by atoms with E-state index in [2.05, 4.69) is 10.1 Å². The van der Waals surface area contributed by atoms with E-state index in [4.69, 9.17) is 0 Å². The molecule has 6 nitrogen and oxygen atoms in total. The van der Waals surface area contributed by atoms with Crippen molar-refractivity contribution in [3.8, 4) is 0 Å². The summed E-state index contributed by atoms with van der Waals surface area (Å²) in [5.74, 6) is 0.336. The number of carbonyl (C=O) groups excluding carboxylic acids is 1. The molecule has 0 bridgehead atoms. The van der Waals surface area contributed by atoms with E-state index < -0.39 is 0 Å². The van der Waals surface area contributed by atoms with E-state index in [9.17, 15) is 9.59 Å². The highest BCUT2D eigenvalue weighted by molar-refractivity contribution is 7.12. The normalized spacial score (nSPS) is 16.1. The van der Waals surface area contributed by atoms with Gasteiger partial charge in [-0.15, -0.1) is 11.3 Å². The molecular weight excluding hydrogens is 312 g/mol. The van der Waals surface area contributed by atoms with Crippen LogP contribution in [0.4, 0.5) is 0 Å². The molecule has 0 aromatic carbocycles. The summed E-state index contributed by atoms with van der Waals surface area (Å²) in [5, 5.41) is 4.77. The monoisotopic (exact) mass is 328 g/mol. The Morgan fingerprint density at radius 1 is 1.30 bits per heavy atom. The summed E-state index contributed by atoms with van der Waals surface area (Å²) in [5.41, 5.74) is 1.38. The van der Waals surface area contributed by atoms with Crippen LogP contribution in [-0.2, 0) is 0 Å². The number of piperidine rings is 1. The number of likely N-dealkylation sites (tertiary alicyclic amines) is 1. The van der Waals surface area contributed by atoms with Crippen LogP contribution in [-0.4, -0.2) is 38.5 Å². The number of aromatic nitrogens is 3. The number of hydrogen-bond donors (Lipinski definition) is 1. The van der Waals surface area contributed by atoms with E-state index in [-0.39, 0.29) is 17.4 Å². The minimum Gasteiger partial charge on any atom is -0.338 e. The summed E-state index contributed by atoms with van der Waals surface area (Å²) in [4.78, 5) is 31.7. The Morgan fingerprint density at radius 2 is 2.13 bits per heavy atom. The molecule has 3 aromatic heterocycles. The molecule has 0 spiro atoms. The highest BCUT2D eigenvalue weighted by Gasteiger charge is 2.26. The third kappa shape index (κ3) is 2.57. The summed E-state index contributed by atoms with van der Waals surface area (Å²) in [6.45, 7) is 1.41. The first kappa shape index (κ1) is 14.2. The van der Waals surface area contributed by atoms with Crippen molar-refractivity contribution in [2.24, 2.45) is 0 Å². The average Bonchev–Trinajstić information content (AvgIpc) is 3.26. The predicted molar refractivity (Wildman–Crippen MR) is 88.0 cm³/mol. The van der Waals surface area contributed by atoms with E-state index >= 15 is 0 Å². The maximum atomic E-state index is 12.4. The van der Waals surface area contributed by atoms with Gasteiger partial charge in [0, 0.05) is 37.3 Å². The number of thiophene rings is 1. The second-order valence-corrected chi connectivity index (χ2v) is 6.67. The Labute approximate surface area is 136 Å². The molecule has 0 aliphatic carbocycles. The van der Waals surface area contributed by atoms with Crippen molar-refractivity contribution in [2.45, 2.75) is 18.8 Å². The third-order valence-electron chi connectivity index (χ3n) is 4.33. The molecule has 3 aromatic rings. The van der Waals surface area contributed by atoms with Gasteiger partial charge in [-0.3, -0.25) is 14.7 Å². The molecule has 0 saturated carbocycles. The molecule has 1 aliphatic rings. The number of fused-ring (bicyclic) bond motifs is 1. The van der Waals surface area contributed by atoms with Crippen LogP contribution in [0.3, 0.4) is 0 Å². The predicted octanol–water partition coefficient (Wildman–Crippen LogP) is 2.10. The lowest BCUT2D eigenvalue weighted by atomic mass is 9.93. The minimum atomic E-state index is -0.0907. The van der Waals surface area contributed by atoms with Crippen LogP contribution in [0.25, 0.3) is 5.65 Å². The molecule has 0 atom stereocenters. The first-order valence-electron chi connectivity index (χ1n) is 7.62. The molecule has 7 heteroatoms. The van der Waals surface area contributed by atoms with E-state index in [1.165, 1.54) is 15.9 Å². The van der Waals surface area contributed by atoms with Gasteiger partial charge in [0.15, 0.2) is 5.65 Å². The van der Waals surface area contributed by atoms with Crippen molar-refractivity contribution in [1.29, 1.82) is 0 Å². The molecule has 0 unspecified atom stereocenters. The van der Waals surface area contributed by atoms with Crippen molar-refractivity contribution >= 4 is 22.9 Å². The fraction of sp³-hybridized carbons (Fsp3) is 0.312. The molecule has 1 N–H and O–H groups in total. The van der Waals surface area contributed by atoms with Gasteiger partial charge in [-0.25, -0.2) is 9.50 Å². The molecule has 0 radical (unpaired) electrons. The minimum absolute atomic E-state index is 0.0907. The maximum Gasteiger partial charge on any atom is 0.272 e. The van der Waals surface area contributed by atoms with E-state index in [1.54, 1.807) is 18.3 Å². The van der Waals surface area contributed by atoms with Crippen molar-refractivity contribution in [3.05, 3.63) is 56.8 Å². The second-order valence-electron chi connectivity index (χ2n) is 5.72. The topological polar surface area (TPSA) is 70.5 Å². The van der Waals surface area contributed by atoms with E-state index in [0.717, 1.165) is 23.4 Å².